The van der Waals surface area contributed by atoms with Crippen LogP contribution in [-0.2, 0) is 11.3 Å². The van der Waals surface area contributed by atoms with Crippen LogP contribution in [0.25, 0.3) is 11.3 Å². The largest absolute Gasteiger partial charge is 0.351 e. The Morgan fingerprint density at radius 1 is 1.23 bits per heavy atom. The van der Waals surface area contributed by atoms with Crippen LogP contribution in [0.3, 0.4) is 0 Å². The first-order valence-electron chi connectivity index (χ1n) is 9.81. The minimum Gasteiger partial charge on any atom is -0.351 e. The second-order valence-corrected chi connectivity index (χ2v) is 7.82. The minimum absolute atomic E-state index is 0.0140. The molecule has 2 heterocycles. The molecule has 0 saturated heterocycles. The number of anilines is 1. The van der Waals surface area contributed by atoms with Gasteiger partial charge in [0.15, 0.2) is 0 Å². The van der Waals surface area contributed by atoms with Gasteiger partial charge in [0.25, 0.3) is 5.91 Å². The third-order valence-corrected chi connectivity index (χ3v) is 5.37. The summed E-state index contributed by atoms with van der Waals surface area (Å²) in [6.07, 6.45) is 7.14. The first-order chi connectivity index (χ1) is 14.5. The van der Waals surface area contributed by atoms with E-state index in [1.165, 1.54) is 6.20 Å². The van der Waals surface area contributed by atoms with E-state index in [0.717, 1.165) is 24.1 Å². The van der Waals surface area contributed by atoms with Gasteiger partial charge in [-0.05, 0) is 43.0 Å². The highest BCUT2D eigenvalue weighted by Gasteiger charge is 2.27. The standard InChI is InChI=1S/C22H22ClN5O2/c1-14(29)28(12-15-2-3-15)21-7-5-16(8-19(21)23)20-6-4-17(9-25-20)22(30)26-11-18-10-24-13-27-18/h4-10,13,15H,2-3,11-12H2,1H3,(H,24,27)(H,26,30). The van der Waals surface area contributed by atoms with Gasteiger partial charge in [0, 0.05) is 31.4 Å². The molecule has 3 aromatic rings. The summed E-state index contributed by atoms with van der Waals surface area (Å²) in [7, 11) is 0. The van der Waals surface area contributed by atoms with E-state index in [2.05, 4.69) is 20.3 Å². The fourth-order valence-electron chi connectivity index (χ4n) is 3.20. The Bertz CT molecular complexity index is 1050. The number of hydrogen-bond donors (Lipinski definition) is 2. The van der Waals surface area contributed by atoms with E-state index < -0.39 is 0 Å². The number of nitrogens with zero attached hydrogens (tertiary/aromatic N) is 3. The van der Waals surface area contributed by atoms with Gasteiger partial charge in [-0.25, -0.2) is 4.98 Å². The Morgan fingerprint density at radius 2 is 2.07 bits per heavy atom. The molecule has 2 aromatic heterocycles. The van der Waals surface area contributed by atoms with Crippen molar-refractivity contribution in [3.8, 4) is 11.3 Å². The normalized spacial score (nSPS) is 13.1. The molecule has 1 aliphatic carbocycles. The monoisotopic (exact) mass is 423 g/mol. The van der Waals surface area contributed by atoms with E-state index in [-0.39, 0.29) is 11.8 Å². The van der Waals surface area contributed by atoms with Crippen LogP contribution in [0.1, 0.15) is 35.8 Å². The van der Waals surface area contributed by atoms with Crippen LogP contribution in [-0.4, -0.2) is 33.3 Å². The molecule has 0 bridgehead atoms. The topological polar surface area (TPSA) is 91.0 Å². The van der Waals surface area contributed by atoms with E-state index in [9.17, 15) is 9.59 Å². The Labute approximate surface area is 179 Å². The molecule has 1 fully saturated rings. The number of aromatic amines is 1. The SMILES string of the molecule is CC(=O)N(CC1CC1)c1ccc(-c2ccc(C(=O)NCc3c[nH]cn3)cn2)cc1Cl. The highest BCUT2D eigenvalue weighted by Crippen LogP contribution is 2.35. The molecule has 1 aromatic carbocycles. The fourth-order valence-corrected chi connectivity index (χ4v) is 3.48. The molecule has 0 aliphatic heterocycles. The summed E-state index contributed by atoms with van der Waals surface area (Å²) in [5.41, 5.74) is 3.45. The fraction of sp³-hybridized carbons (Fsp3) is 0.273. The number of nitrogens with one attached hydrogen (secondary N) is 2. The molecule has 4 rings (SSSR count). The summed E-state index contributed by atoms with van der Waals surface area (Å²) in [6, 6.07) is 9.05. The lowest BCUT2D eigenvalue weighted by molar-refractivity contribution is -0.116. The number of amides is 2. The Kier molecular flexibility index (Phi) is 5.81. The number of H-pyrrole nitrogens is 1. The van der Waals surface area contributed by atoms with Gasteiger partial charge >= 0.3 is 0 Å². The smallest absolute Gasteiger partial charge is 0.253 e. The summed E-state index contributed by atoms with van der Waals surface area (Å²) in [6.45, 7) is 2.60. The number of halogens is 1. The highest BCUT2D eigenvalue weighted by atomic mass is 35.5. The maximum atomic E-state index is 12.3. The van der Waals surface area contributed by atoms with Gasteiger partial charge < -0.3 is 15.2 Å². The molecule has 0 unspecified atom stereocenters. The zero-order chi connectivity index (χ0) is 21.1. The predicted octanol–water partition coefficient (Wildman–Crippen LogP) is 3.82. The van der Waals surface area contributed by atoms with Crippen molar-refractivity contribution in [2.24, 2.45) is 5.92 Å². The number of imidazole rings is 1. The minimum atomic E-state index is -0.220. The van der Waals surface area contributed by atoms with E-state index in [1.54, 1.807) is 42.5 Å². The molecule has 7 nitrogen and oxygen atoms in total. The van der Waals surface area contributed by atoms with Gasteiger partial charge in [-0.1, -0.05) is 17.7 Å². The van der Waals surface area contributed by atoms with Crippen LogP contribution in [0.4, 0.5) is 5.69 Å². The van der Waals surface area contributed by atoms with Gasteiger partial charge in [0.2, 0.25) is 5.91 Å². The molecule has 8 heteroatoms. The van der Waals surface area contributed by atoms with Crippen LogP contribution in [0.15, 0.2) is 49.1 Å². The van der Waals surface area contributed by atoms with E-state index in [0.29, 0.717) is 41.0 Å². The lowest BCUT2D eigenvalue weighted by Crippen LogP contribution is -2.30. The molecule has 1 aliphatic rings. The Balaban J connectivity index is 1.46. The highest BCUT2D eigenvalue weighted by molar-refractivity contribution is 6.34. The third-order valence-electron chi connectivity index (χ3n) is 5.06. The lowest BCUT2D eigenvalue weighted by atomic mass is 10.1. The number of pyridine rings is 1. The maximum absolute atomic E-state index is 12.3. The summed E-state index contributed by atoms with van der Waals surface area (Å²) in [4.78, 5) is 37.4. The van der Waals surface area contributed by atoms with Crippen LogP contribution in [0.5, 0.6) is 0 Å². The molecule has 0 radical (unpaired) electrons. The number of carbonyl (C=O) groups is 2. The summed E-state index contributed by atoms with van der Waals surface area (Å²) in [5, 5.41) is 3.31. The van der Waals surface area contributed by atoms with E-state index >= 15 is 0 Å². The molecule has 2 N–H and O–H groups in total. The molecular formula is C22H22ClN5O2. The molecular weight excluding hydrogens is 402 g/mol. The van der Waals surface area contributed by atoms with Crippen molar-refractivity contribution in [1.82, 2.24) is 20.3 Å². The van der Waals surface area contributed by atoms with Crippen LogP contribution >= 0.6 is 11.6 Å². The Hall–Kier alpha value is -3.19. The third kappa shape index (κ3) is 4.68. The molecule has 154 valence electrons. The van der Waals surface area contributed by atoms with Crippen LogP contribution < -0.4 is 10.2 Å². The van der Waals surface area contributed by atoms with Crippen molar-refractivity contribution in [2.45, 2.75) is 26.3 Å². The number of hydrogen-bond acceptors (Lipinski definition) is 4. The number of rotatable bonds is 7. The van der Waals surface area contributed by atoms with Crippen LogP contribution in [0.2, 0.25) is 5.02 Å². The quantitative estimate of drug-likeness (QED) is 0.604. The van der Waals surface area contributed by atoms with Crippen molar-refractivity contribution < 1.29 is 9.59 Å². The summed E-state index contributed by atoms with van der Waals surface area (Å²) >= 11 is 6.50. The van der Waals surface area contributed by atoms with Gasteiger partial charge in [-0.3, -0.25) is 14.6 Å². The van der Waals surface area contributed by atoms with Crippen molar-refractivity contribution in [3.05, 3.63) is 65.3 Å². The average molecular weight is 424 g/mol. The van der Waals surface area contributed by atoms with Gasteiger partial charge in [0.05, 0.1) is 40.5 Å². The first-order valence-corrected chi connectivity index (χ1v) is 10.2. The van der Waals surface area contributed by atoms with Crippen LogP contribution in [0, 0.1) is 5.92 Å². The van der Waals surface area contributed by atoms with Gasteiger partial charge in [-0.2, -0.15) is 0 Å². The van der Waals surface area contributed by atoms with Crippen molar-refractivity contribution in [2.75, 3.05) is 11.4 Å². The molecule has 1 saturated carbocycles. The number of benzene rings is 1. The Morgan fingerprint density at radius 3 is 2.67 bits per heavy atom. The van der Waals surface area contributed by atoms with Crippen molar-refractivity contribution >= 4 is 29.1 Å². The van der Waals surface area contributed by atoms with E-state index in [4.69, 9.17) is 11.6 Å². The predicted molar refractivity (Wildman–Crippen MR) is 115 cm³/mol. The first kappa shape index (κ1) is 20.1. The van der Waals surface area contributed by atoms with Crippen molar-refractivity contribution in [3.63, 3.8) is 0 Å². The van der Waals surface area contributed by atoms with Crippen molar-refractivity contribution in [1.29, 1.82) is 0 Å². The number of aromatic nitrogens is 3. The zero-order valence-electron chi connectivity index (χ0n) is 16.6. The molecule has 2 amide bonds. The maximum Gasteiger partial charge on any atom is 0.253 e. The lowest BCUT2D eigenvalue weighted by Gasteiger charge is -2.22. The summed E-state index contributed by atoms with van der Waals surface area (Å²) in [5.74, 6) is 0.334. The van der Waals surface area contributed by atoms with Gasteiger partial charge in [0.1, 0.15) is 0 Å². The summed E-state index contributed by atoms with van der Waals surface area (Å²) < 4.78 is 0. The molecule has 30 heavy (non-hydrogen) atoms. The van der Waals surface area contributed by atoms with E-state index in [1.807, 2.05) is 12.1 Å². The number of carbonyl (C=O) groups excluding carboxylic acids is 2. The zero-order valence-corrected chi connectivity index (χ0v) is 17.3. The molecule has 0 spiro atoms. The second-order valence-electron chi connectivity index (χ2n) is 7.41. The average Bonchev–Trinajstić information content (AvgIpc) is 3.42. The second kappa shape index (κ2) is 8.67. The molecule has 0 atom stereocenters. The van der Waals surface area contributed by atoms with Gasteiger partial charge in [-0.15, -0.1) is 0 Å².